The van der Waals surface area contributed by atoms with Crippen molar-refractivity contribution in [2.75, 3.05) is 25.5 Å². The number of rotatable bonds is 7. The van der Waals surface area contributed by atoms with Crippen molar-refractivity contribution in [2.24, 2.45) is 0 Å². The number of halogens is 1. The number of amides is 1. The fourth-order valence-corrected chi connectivity index (χ4v) is 5.32. The summed E-state index contributed by atoms with van der Waals surface area (Å²) in [5.74, 6) is -0.294. The Bertz CT molecular complexity index is 1100. The van der Waals surface area contributed by atoms with Crippen LogP contribution in [0.15, 0.2) is 23.0 Å². The van der Waals surface area contributed by atoms with E-state index >= 15 is 0 Å². The molecule has 2 N–H and O–H groups in total. The van der Waals surface area contributed by atoms with Crippen LogP contribution >= 0.6 is 11.6 Å². The molecule has 1 aromatic carbocycles. The van der Waals surface area contributed by atoms with Crippen molar-refractivity contribution in [3.05, 3.63) is 61.5 Å². The van der Waals surface area contributed by atoms with Crippen LogP contribution in [0.4, 0.5) is 5.69 Å². The highest BCUT2D eigenvalue weighted by Crippen LogP contribution is 2.34. The predicted molar refractivity (Wildman–Crippen MR) is 137 cm³/mol. The fourth-order valence-electron chi connectivity index (χ4n) is 5.11. The van der Waals surface area contributed by atoms with Crippen LogP contribution in [0.2, 0.25) is 5.02 Å². The summed E-state index contributed by atoms with van der Waals surface area (Å²) in [6, 6.07) is 6.37. The van der Waals surface area contributed by atoms with Crippen LogP contribution in [0.25, 0.3) is 0 Å². The molecule has 0 saturated heterocycles. The van der Waals surface area contributed by atoms with Gasteiger partial charge in [0.25, 0.3) is 11.5 Å². The molecule has 3 rings (SSSR count). The Morgan fingerprint density at radius 3 is 2.32 bits per heavy atom. The topological polar surface area (TPSA) is 77.8 Å². The number of carbonyl (C=O) groups excluding carboxylic acids is 1. The van der Waals surface area contributed by atoms with Crippen LogP contribution in [-0.2, 0) is 6.54 Å². The Labute approximate surface area is 207 Å². The normalized spacial score (nSPS) is 18.2. The lowest BCUT2D eigenvalue weighted by Crippen LogP contribution is -2.42. The van der Waals surface area contributed by atoms with Crippen molar-refractivity contribution in [1.82, 2.24) is 14.9 Å². The minimum atomic E-state index is -0.521. The molecule has 34 heavy (non-hydrogen) atoms. The molecule has 1 aliphatic rings. The van der Waals surface area contributed by atoms with Gasteiger partial charge in [0.1, 0.15) is 0 Å². The van der Waals surface area contributed by atoms with Gasteiger partial charge >= 0.3 is 0 Å². The Morgan fingerprint density at radius 1 is 1.12 bits per heavy atom. The summed E-state index contributed by atoms with van der Waals surface area (Å²) >= 11 is 6.48. The van der Waals surface area contributed by atoms with Gasteiger partial charge in [0.2, 0.25) is 0 Å². The average Bonchev–Trinajstić information content (AvgIpc) is 2.80. The first-order valence-electron chi connectivity index (χ1n) is 12.0. The van der Waals surface area contributed by atoms with E-state index in [0.29, 0.717) is 38.7 Å². The van der Waals surface area contributed by atoms with Gasteiger partial charge in [-0.05, 0) is 96.8 Å². The molecular weight excluding hydrogens is 452 g/mol. The fraction of sp³-hybridized carbons (Fsp3) is 0.538. The molecular formula is C26H37ClN4O3. The zero-order valence-electron chi connectivity index (χ0n) is 21.1. The van der Waals surface area contributed by atoms with Gasteiger partial charge in [0, 0.05) is 47.0 Å². The smallest absolute Gasteiger partial charge is 0.288 e. The summed E-state index contributed by atoms with van der Waals surface area (Å²) in [5.41, 5.74) is 3.36. The van der Waals surface area contributed by atoms with E-state index < -0.39 is 5.56 Å². The quantitative estimate of drug-likeness (QED) is 0.568. The van der Waals surface area contributed by atoms with Gasteiger partial charge in [0.05, 0.1) is 5.69 Å². The van der Waals surface area contributed by atoms with E-state index in [1.54, 1.807) is 26.0 Å². The van der Waals surface area contributed by atoms with Crippen molar-refractivity contribution in [3.8, 4) is 0 Å². The molecule has 0 aliphatic heterocycles. The van der Waals surface area contributed by atoms with E-state index in [0.717, 1.165) is 49.0 Å². The average molecular weight is 489 g/mol. The second kappa shape index (κ2) is 10.8. The van der Waals surface area contributed by atoms with Crippen molar-refractivity contribution >= 4 is 23.2 Å². The molecule has 0 spiro atoms. The Kier molecular flexibility index (Phi) is 8.31. The monoisotopic (exact) mass is 488 g/mol. The van der Waals surface area contributed by atoms with Gasteiger partial charge in [-0.3, -0.25) is 9.59 Å². The second-order valence-corrected chi connectivity index (χ2v) is 9.99. The lowest BCUT2D eigenvalue weighted by molar-refractivity contribution is 0.0949. The summed E-state index contributed by atoms with van der Waals surface area (Å²) < 4.78 is 0.612. The predicted octanol–water partition coefficient (Wildman–Crippen LogP) is 4.29. The van der Waals surface area contributed by atoms with Crippen molar-refractivity contribution in [3.63, 3.8) is 0 Å². The van der Waals surface area contributed by atoms with E-state index in [-0.39, 0.29) is 12.5 Å². The molecule has 0 radical (unpaired) electrons. The first-order valence-corrected chi connectivity index (χ1v) is 12.4. The number of nitrogens with one attached hydrogen (secondary N) is 1. The highest BCUT2D eigenvalue weighted by molar-refractivity contribution is 6.31. The summed E-state index contributed by atoms with van der Waals surface area (Å²) in [6.07, 6.45) is 4.51. The molecule has 1 saturated carbocycles. The first kappa shape index (κ1) is 26.1. The lowest BCUT2D eigenvalue weighted by atomic mass is 9.89. The summed E-state index contributed by atoms with van der Waals surface area (Å²) in [5, 5.41) is 13.3. The molecule has 1 aromatic heterocycles. The van der Waals surface area contributed by atoms with E-state index in [2.05, 4.69) is 36.1 Å². The maximum absolute atomic E-state index is 13.2. The summed E-state index contributed by atoms with van der Waals surface area (Å²) in [7, 11) is 4.28. The van der Waals surface area contributed by atoms with Gasteiger partial charge in [0.15, 0.2) is 0 Å². The number of aromatic nitrogens is 1. The van der Waals surface area contributed by atoms with E-state index in [9.17, 15) is 14.8 Å². The zero-order valence-corrected chi connectivity index (χ0v) is 21.9. The zero-order chi connectivity index (χ0) is 25.2. The van der Waals surface area contributed by atoms with E-state index in [1.165, 1.54) is 0 Å². The SMILES string of the molecule is CCN(c1cc(Cl)cc(C(=O)NCc2c(C)cc(C)n(O)c2=O)c1C)[C@H]1CC[C@H](N(C)C)CC1. The molecule has 7 nitrogen and oxygen atoms in total. The van der Waals surface area contributed by atoms with Gasteiger partial charge in [-0.15, -0.1) is 0 Å². The summed E-state index contributed by atoms with van der Waals surface area (Å²) in [4.78, 5) is 30.3. The lowest BCUT2D eigenvalue weighted by Gasteiger charge is -2.40. The molecule has 0 atom stereocenters. The maximum atomic E-state index is 13.2. The third kappa shape index (κ3) is 5.41. The number of anilines is 1. The van der Waals surface area contributed by atoms with Crippen molar-refractivity contribution < 1.29 is 10.0 Å². The third-order valence-electron chi connectivity index (χ3n) is 7.19. The Hall–Kier alpha value is -2.51. The Balaban J connectivity index is 1.83. The van der Waals surface area contributed by atoms with Gasteiger partial charge in [-0.1, -0.05) is 11.6 Å². The number of aryl methyl sites for hydroxylation is 2. The van der Waals surface area contributed by atoms with Crippen molar-refractivity contribution in [2.45, 2.75) is 72.0 Å². The first-order chi connectivity index (χ1) is 16.0. The molecule has 1 heterocycles. The number of nitrogens with zero attached hydrogens (tertiary/aromatic N) is 3. The van der Waals surface area contributed by atoms with Gasteiger partial charge < -0.3 is 20.3 Å². The van der Waals surface area contributed by atoms with Crippen LogP contribution in [-0.4, -0.2) is 53.5 Å². The third-order valence-corrected chi connectivity index (χ3v) is 7.41. The highest BCUT2D eigenvalue weighted by Gasteiger charge is 2.28. The van der Waals surface area contributed by atoms with Crippen LogP contribution in [0.5, 0.6) is 0 Å². The molecule has 1 aliphatic carbocycles. The second-order valence-electron chi connectivity index (χ2n) is 9.56. The standard InChI is InChI=1S/C26H37ClN4O3/c1-7-30(21-10-8-20(9-11-21)29(5)6)24-14-19(27)13-22(18(24)4)25(32)28-15-23-16(2)12-17(3)31(34)26(23)33/h12-14,20-21,34H,7-11,15H2,1-6H3,(H,28,32)/t20-,21-. The minimum absolute atomic E-state index is 0.0255. The number of pyridine rings is 1. The Morgan fingerprint density at radius 2 is 1.74 bits per heavy atom. The molecule has 0 bridgehead atoms. The molecule has 1 fully saturated rings. The number of carbonyl (C=O) groups is 1. The van der Waals surface area contributed by atoms with Crippen LogP contribution in [0.3, 0.4) is 0 Å². The van der Waals surface area contributed by atoms with Gasteiger partial charge in [-0.25, -0.2) is 0 Å². The minimum Gasteiger partial charge on any atom is -0.425 e. The van der Waals surface area contributed by atoms with E-state index in [4.69, 9.17) is 11.6 Å². The van der Waals surface area contributed by atoms with Crippen LogP contribution < -0.4 is 15.8 Å². The number of hydrogen-bond acceptors (Lipinski definition) is 5. The van der Waals surface area contributed by atoms with Crippen molar-refractivity contribution in [1.29, 1.82) is 0 Å². The molecule has 2 aromatic rings. The number of hydrogen-bond donors (Lipinski definition) is 2. The molecule has 8 heteroatoms. The largest absolute Gasteiger partial charge is 0.425 e. The highest BCUT2D eigenvalue weighted by atomic mass is 35.5. The maximum Gasteiger partial charge on any atom is 0.288 e. The van der Waals surface area contributed by atoms with E-state index in [1.807, 2.05) is 13.0 Å². The van der Waals surface area contributed by atoms with Crippen LogP contribution in [0.1, 0.15) is 65.3 Å². The molecule has 0 unspecified atom stereocenters. The molecule has 186 valence electrons. The number of benzene rings is 1. The molecule has 1 amide bonds. The van der Waals surface area contributed by atoms with Gasteiger partial charge in [-0.2, -0.15) is 4.73 Å². The van der Waals surface area contributed by atoms with Crippen LogP contribution in [0, 0.1) is 20.8 Å². The summed E-state index contributed by atoms with van der Waals surface area (Å²) in [6.45, 7) is 8.39.